The fraction of sp³-hybridized carbons (Fsp3) is 0.524. The third-order valence-electron chi connectivity index (χ3n) is 6.82. The van der Waals surface area contributed by atoms with Gasteiger partial charge in [-0.05, 0) is 62.5 Å². The number of hydrogen-bond acceptors (Lipinski definition) is 3. The first kappa shape index (κ1) is 15.2. The monoisotopic (exact) mass is 337 g/mol. The van der Waals surface area contributed by atoms with Gasteiger partial charge in [0.2, 0.25) is 11.8 Å². The highest BCUT2D eigenvalue weighted by Gasteiger charge is 2.59. The number of fused-ring (bicyclic) bond motifs is 5. The van der Waals surface area contributed by atoms with E-state index in [1.807, 2.05) is 24.3 Å². The highest BCUT2D eigenvalue weighted by Crippen LogP contribution is 2.58. The molecule has 0 aromatic heterocycles. The molecule has 1 aliphatic heterocycles. The summed E-state index contributed by atoms with van der Waals surface area (Å²) in [4.78, 5) is 28.2. The van der Waals surface area contributed by atoms with E-state index in [2.05, 4.69) is 0 Å². The maximum absolute atomic E-state index is 13.4. The first-order valence-corrected chi connectivity index (χ1v) is 9.45. The molecular weight excluding hydrogens is 314 g/mol. The predicted molar refractivity (Wildman–Crippen MR) is 94.2 cm³/mol. The van der Waals surface area contributed by atoms with Gasteiger partial charge in [-0.15, -0.1) is 0 Å². The van der Waals surface area contributed by atoms with Crippen LogP contribution >= 0.6 is 0 Å². The molecule has 1 heterocycles. The maximum atomic E-state index is 13.4. The molecule has 0 spiro atoms. The van der Waals surface area contributed by atoms with Crippen molar-refractivity contribution in [2.24, 2.45) is 23.7 Å². The molecule has 0 N–H and O–H groups in total. The van der Waals surface area contributed by atoms with Crippen LogP contribution in [0.5, 0.6) is 5.75 Å². The Balaban J connectivity index is 1.62. The van der Waals surface area contributed by atoms with Crippen LogP contribution in [0.4, 0.5) is 5.69 Å². The topological polar surface area (TPSA) is 46.6 Å². The van der Waals surface area contributed by atoms with Crippen molar-refractivity contribution in [3.8, 4) is 5.75 Å². The SMILES string of the molecule is COc1ccccc1N1C(=O)[C@@H]2[C@H](C1=O)[C@H]1CCCC1=C1CCC[C@H]12. The number of anilines is 1. The van der Waals surface area contributed by atoms with Gasteiger partial charge in [0.1, 0.15) is 5.75 Å². The fourth-order valence-electron chi connectivity index (χ4n) is 5.94. The summed E-state index contributed by atoms with van der Waals surface area (Å²) in [5.74, 6) is 0.873. The summed E-state index contributed by atoms with van der Waals surface area (Å²) in [6.07, 6.45) is 6.72. The van der Waals surface area contributed by atoms with Crippen LogP contribution in [0.1, 0.15) is 38.5 Å². The summed E-state index contributed by atoms with van der Waals surface area (Å²) in [6, 6.07) is 7.37. The zero-order valence-corrected chi connectivity index (χ0v) is 14.5. The number of carbonyl (C=O) groups is 2. The maximum Gasteiger partial charge on any atom is 0.238 e. The molecule has 2 saturated carbocycles. The molecule has 2 amide bonds. The smallest absolute Gasteiger partial charge is 0.238 e. The van der Waals surface area contributed by atoms with E-state index in [-0.39, 0.29) is 23.7 Å². The van der Waals surface area contributed by atoms with E-state index < -0.39 is 0 Å². The molecule has 25 heavy (non-hydrogen) atoms. The molecule has 0 radical (unpaired) electrons. The normalized spacial score (nSPS) is 33.6. The van der Waals surface area contributed by atoms with Gasteiger partial charge in [0.25, 0.3) is 0 Å². The number of nitrogens with zero attached hydrogens (tertiary/aromatic N) is 1. The second-order valence-electron chi connectivity index (χ2n) is 7.78. The Bertz CT molecular complexity index is 754. The van der Waals surface area contributed by atoms with Gasteiger partial charge in [0.05, 0.1) is 24.6 Å². The summed E-state index contributed by atoms with van der Waals surface area (Å²) >= 11 is 0. The van der Waals surface area contributed by atoms with Crippen molar-refractivity contribution >= 4 is 17.5 Å². The second kappa shape index (κ2) is 5.45. The summed E-state index contributed by atoms with van der Waals surface area (Å²) in [5.41, 5.74) is 3.67. The lowest BCUT2D eigenvalue weighted by molar-refractivity contribution is -0.122. The number of ether oxygens (including phenoxy) is 1. The van der Waals surface area contributed by atoms with Gasteiger partial charge in [0.15, 0.2) is 0 Å². The summed E-state index contributed by atoms with van der Waals surface area (Å²) in [7, 11) is 1.59. The van der Waals surface area contributed by atoms with Crippen molar-refractivity contribution in [3.05, 3.63) is 35.4 Å². The second-order valence-corrected chi connectivity index (χ2v) is 7.78. The highest BCUT2D eigenvalue weighted by atomic mass is 16.5. The van der Waals surface area contributed by atoms with Gasteiger partial charge in [-0.2, -0.15) is 0 Å². The Morgan fingerprint density at radius 3 is 2.04 bits per heavy atom. The molecule has 3 fully saturated rings. The number of amides is 2. The minimum absolute atomic E-state index is 0.00477. The molecular formula is C21H23NO3. The van der Waals surface area contributed by atoms with Crippen LogP contribution in [-0.4, -0.2) is 18.9 Å². The van der Waals surface area contributed by atoms with Crippen molar-refractivity contribution in [2.75, 3.05) is 12.0 Å². The molecule has 4 aliphatic rings. The van der Waals surface area contributed by atoms with Gasteiger partial charge in [-0.25, -0.2) is 4.90 Å². The molecule has 1 aromatic carbocycles. The van der Waals surface area contributed by atoms with Gasteiger partial charge >= 0.3 is 0 Å². The number of methoxy groups -OCH3 is 1. The van der Waals surface area contributed by atoms with E-state index in [1.165, 1.54) is 16.0 Å². The first-order valence-electron chi connectivity index (χ1n) is 9.45. The van der Waals surface area contributed by atoms with E-state index >= 15 is 0 Å². The summed E-state index contributed by atoms with van der Waals surface area (Å²) in [5, 5.41) is 0. The lowest BCUT2D eigenvalue weighted by Crippen LogP contribution is -2.35. The molecule has 130 valence electrons. The molecule has 3 aliphatic carbocycles. The average Bonchev–Trinajstić information content (AvgIpc) is 3.33. The number of benzene rings is 1. The Morgan fingerprint density at radius 2 is 1.48 bits per heavy atom. The number of imide groups is 1. The standard InChI is InChI=1S/C21H23NO3/c1-25-17-11-3-2-10-16(17)22-20(23)18-14-8-4-6-12(14)13-7-5-9-15(13)19(18)21(22)24/h2-3,10-11,14-15,18-19H,4-9H2,1H3/t14-,15+,18+,19-. The van der Waals surface area contributed by atoms with Crippen molar-refractivity contribution in [1.82, 2.24) is 0 Å². The third-order valence-corrected chi connectivity index (χ3v) is 6.82. The van der Waals surface area contributed by atoms with E-state index in [0.717, 1.165) is 38.5 Å². The van der Waals surface area contributed by atoms with E-state index in [0.29, 0.717) is 23.3 Å². The van der Waals surface area contributed by atoms with Crippen LogP contribution < -0.4 is 9.64 Å². The zero-order valence-electron chi connectivity index (χ0n) is 14.5. The van der Waals surface area contributed by atoms with Gasteiger partial charge < -0.3 is 4.74 Å². The van der Waals surface area contributed by atoms with Crippen LogP contribution in [0, 0.1) is 23.7 Å². The molecule has 1 saturated heterocycles. The van der Waals surface area contributed by atoms with Crippen molar-refractivity contribution in [2.45, 2.75) is 38.5 Å². The van der Waals surface area contributed by atoms with Crippen molar-refractivity contribution < 1.29 is 14.3 Å². The fourth-order valence-corrected chi connectivity index (χ4v) is 5.94. The quantitative estimate of drug-likeness (QED) is 0.610. The number of carbonyl (C=O) groups excluding carboxylic acids is 2. The average molecular weight is 337 g/mol. The Labute approximate surface area is 147 Å². The molecule has 0 bridgehead atoms. The number of rotatable bonds is 2. The molecule has 4 atom stereocenters. The lowest BCUT2D eigenvalue weighted by atomic mass is 9.66. The Morgan fingerprint density at radius 1 is 0.920 bits per heavy atom. The highest BCUT2D eigenvalue weighted by molar-refractivity contribution is 6.23. The van der Waals surface area contributed by atoms with E-state index in [4.69, 9.17) is 4.74 Å². The molecule has 5 rings (SSSR count). The molecule has 4 nitrogen and oxygen atoms in total. The third kappa shape index (κ3) is 1.94. The molecule has 4 heteroatoms. The molecule has 1 aromatic rings. The Kier molecular flexibility index (Phi) is 3.31. The van der Waals surface area contributed by atoms with Crippen LogP contribution in [0.15, 0.2) is 35.4 Å². The summed E-state index contributed by atoms with van der Waals surface area (Å²) < 4.78 is 5.42. The number of allylic oxidation sites excluding steroid dienone is 2. The van der Waals surface area contributed by atoms with Gasteiger partial charge in [-0.3, -0.25) is 9.59 Å². The van der Waals surface area contributed by atoms with Gasteiger partial charge in [-0.1, -0.05) is 23.3 Å². The van der Waals surface area contributed by atoms with Crippen LogP contribution in [0.3, 0.4) is 0 Å². The minimum Gasteiger partial charge on any atom is -0.495 e. The van der Waals surface area contributed by atoms with Crippen LogP contribution in [-0.2, 0) is 9.59 Å². The van der Waals surface area contributed by atoms with Crippen molar-refractivity contribution in [3.63, 3.8) is 0 Å². The number of hydrogen-bond donors (Lipinski definition) is 0. The summed E-state index contributed by atoms with van der Waals surface area (Å²) in [6.45, 7) is 0. The minimum atomic E-state index is -0.151. The first-order chi connectivity index (χ1) is 12.2. The Hall–Kier alpha value is -2.10. The van der Waals surface area contributed by atoms with E-state index in [9.17, 15) is 9.59 Å². The van der Waals surface area contributed by atoms with Crippen LogP contribution in [0.25, 0.3) is 0 Å². The van der Waals surface area contributed by atoms with Crippen molar-refractivity contribution in [1.29, 1.82) is 0 Å². The van der Waals surface area contributed by atoms with Gasteiger partial charge in [0, 0.05) is 0 Å². The van der Waals surface area contributed by atoms with E-state index in [1.54, 1.807) is 7.11 Å². The predicted octanol–water partition coefficient (Wildman–Crippen LogP) is 3.71. The molecule has 0 unspecified atom stereocenters. The van der Waals surface area contributed by atoms with Crippen LogP contribution in [0.2, 0.25) is 0 Å². The number of para-hydroxylation sites is 2. The largest absolute Gasteiger partial charge is 0.495 e. The lowest BCUT2D eigenvalue weighted by Gasteiger charge is -2.34. The zero-order chi connectivity index (χ0) is 17.1.